The first-order valence-corrected chi connectivity index (χ1v) is 6.55. The van der Waals surface area contributed by atoms with Gasteiger partial charge in [0, 0.05) is 18.3 Å². The zero-order valence-electron chi connectivity index (χ0n) is 10.5. The van der Waals surface area contributed by atoms with Gasteiger partial charge in [-0.1, -0.05) is 31.0 Å². The largest absolute Gasteiger partial charge is 0.395 e. The summed E-state index contributed by atoms with van der Waals surface area (Å²) in [6.07, 6.45) is 4.43. The van der Waals surface area contributed by atoms with E-state index in [1.54, 1.807) is 4.90 Å². The van der Waals surface area contributed by atoms with Gasteiger partial charge in [0.15, 0.2) is 0 Å². The van der Waals surface area contributed by atoms with E-state index in [1.165, 1.54) is 12.8 Å². The highest BCUT2D eigenvalue weighted by molar-refractivity contribution is 5.89. The molecule has 1 aromatic rings. The molecule has 2 rings (SSSR count). The summed E-state index contributed by atoms with van der Waals surface area (Å²) in [4.78, 5) is 14.0. The molecule has 0 aliphatic heterocycles. The van der Waals surface area contributed by atoms with Crippen LogP contribution in [0.15, 0.2) is 30.3 Å². The molecule has 0 bridgehead atoms. The number of aliphatic hydroxyl groups is 1. The Balaban J connectivity index is 1.99. The third-order valence-corrected chi connectivity index (χ3v) is 3.39. The molecule has 1 aliphatic carbocycles. The van der Waals surface area contributed by atoms with Crippen molar-refractivity contribution in [2.75, 3.05) is 18.5 Å². The van der Waals surface area contributed by atoms with Gasteiger partial charge in [0.25, 0.3) is 0 Å². The summed E-state index contributed by atoms with van der Waals surface area (Å²) >= 11 is 0. The van der Waals surface area contributed by atoms with Gasteiger partial charge in [0.05, 0.1) is 6.61 Å². The standard InChI is InChI=1S/C14H20N2O2/c17-11-10-16(13-8-4-5-9-13)14(18)15-12-6-2-1-3-7-12/h1-3,6-7,13,17H,4-5,8-11H2,(H,15,18). The average Bonchev–Trinajstić information content (AvgIpc) is 2.90. The number of nitrogens with zero attached hydrogens (tertiary/aromatic N) is 1. The number of anilines is 1. The van der Waals surface area contributed by atoms with Crippen LogP contribution in [0.5, 0.6) is 0 Å². The fourth-order valence-corrected chi connectivity index (χ4v) is 2.49. The predicted octanol–water partition coefficient (Wildman–Crippen LogP) is 2.46. The van der Waals surface area contributed by atoms with Crippen molar-refractivity contribution < 1.29 is 9.90 Å². The topological polar surface area (TPSA) is 52.6 Å². The van der Waals surface area contributed by atoms with Crippen LogP contribution in [-0.4, -0.2) is 35.2 Å². The quantitative estimate of drug-likeness (QED) is 0.860. The van der Waals surface area contributed by atoms with E-state index in [-0.39, 0.29) is 18.7 Å². The number of amides is 2. The summed E-state index contributed by atoms with van der Waals surface area (Å²) in [6, 6.07) is 9.59. The zero-order valence-corrected chi connectivity index (χ0v) is 10.5. The molecular weight excluding hydrogens is 228 g/mol. The van der Waals surface area contributed by atoms with Gasteiger partial charge < -0.3 is 15.3 Å². The fraction of sp³-hybridized carbons (Fsp3) is 0.500. The van der Waals surface area contributed by atoms with Crippen LogP contribution in [0.1, 0.15) is 25.7 Å². The lowest BCUT2D eigenvalue weighted by molar-refractivity contribution is 0.163. The summed E-state index contributed by atoms with van der Waals surface area (Å²) < 4.78 is 0. The highest BCUT2D eigenvalue weighted by atomic mass is 16.3. The number of para-hydroxylation sites is 1. The van der Waals surface area contributed by atoms with Gasteiger partial charge in [-0.25, -0.2) is 4.79 Å². The molecule has 1 fully saturated rings. The highest BCUT2D eigenvalue weighted by Crippen LogP contribution is 2.24. The number of carbonyl (C=O) groups excluding carboxylic acids is 1. The van der Waals surface area contributed by atoms with E-state index in [0.29, 0.717) is 6.54 Å². The molecule has 0 saturated heterocycles. The molecule has 0 unspecified atom stereocenters. The van der Waals surface area contributed by atoms with E-state index >= 15 is 0 Å². The van der Waals surface area contributed by atoms with E-state index in [0.717, 1.165) is 18.5 Å². The monoisotopic (exact) mass is 248 g/mol. The molecule has 18 heavy (non-hydrogen) atoms. The van der Waals surface area contributed by atoms with Crippen molar-refractivity contribution >= 4 is 11.7 Å². The Hall–Kier alpha value is -1.55. The second-order valence-corrected chi connectivity index (χ2v) is 4.65. The summed E-state index contributed by atoms with van der Waals surface area (Å²) in [5.41, 5.74) is 0.795. The SMILES string of the molecule is O=C(Nc1ccccc1)N(CCO)C1CCCC1. The number of carbonyl (C=O) groups is 1. The molecule has 0 radical (unpaired) electrons. The maximum absolute atomic E-state index is 12.2. The van der Waals surface area contributed by atoms with Crippen LogP contribution in [-0.2, 0) is 0 Å². The van der Waals surface area contributed by atoms with Crippen LogP contribution in [0.4, 0.5) is 10.5 Å². The van der Waals surface area contributed by atoms with Crippen LogP contribution in [0.2, 0.25) is 0 Å². The summed E-state index contributed by atoms with van der Waals surface area (Å²) in [5, 5.41) is 12.0. The van der Waals surface area contributed by atoms with Gasteiger partial charge in [-0.05, 0) is 25.0 Å². The lowest BCUT2D eigenvalue weighted by Gasteiger charge is -2.28. The Morgan fingerprint density at radius 1 is 1.28 bits per heavy atom. The minimum absolute atomic E-state index is 0.0126. The Labute approximate surface area is 108 Å². The second kappa shape index (κ2) is 6.40. The fourth-order valence-electron chi connectivity index (χ4n) is 2.49. The molecule has 2 N–H and O–H groups in total. The van der Waals surface area contributed by atoms with Crippen molar-refractivity contribution in [3.63, 3.8) is 0 Å². The Morgan fingerprint density at radius 3 is 2.56 bits per heavy atom. The normalized spacial score (nSPS) is 15.6. The smallest absolute Gasteiger partial charge is 0.322 e. The first-order valence-electron chi connectivity index (χ1n) is 6.55. The number of aliphatic hydroxyl groups excluding tert-OH is 1. The molecule has 0 atom stereocenters. The maximum Gasteiger partial charge on any atom is 0.322 e. The lowest BCUT2D eigenvalue weighted by Crippen LogP contribution is -2.43. The number of nitrogens with one attached hydrogen (secondary N) is 1. The van der Waals surface area contributed by atoms with Gasteiger partial charge in [-0.2, -0.15) is 0 Å². The first-order chi connectivity index (χ1) is 8.81. The number of urea groups is 1. The van der Waals surface area contributed by atoms with E-state index in [9.17, 15) is 4.79 Å². The van der Waals surface area contributed by atoms with E-state index in [1.807, 2.05) is 30.3 Å². The molecule has 98 valence electrons. The molecule has 4 nitrogen and oxygen atoms in total. The Morgan fingerprint density at radius 2 is 1.94 bits per heavy atom. The zero-order chi connectivity index (χ0) is 12.8. The highest BCUT2D eigenvalue weighted by Gasteiger charge is 2.26. The van der Waals surface area contributed by atoms with Crippen LogP contribution in [0.3, 0.4) is 0 Å². The van der Waals surface area contributed by atoms with Crippen LogP contribution < -0.4 is 5.32 Å². The van der Waals surface area contributed by atoms with E-state index in [2.05, 4.69) is 5.32 Å². The molecule has 1 saturated carbocycles. The first kappa shape index (κ1) is 12.9. The van der Waals surface area contributed by atoms with E-state index < -0.39 is 0 Å². The van der Waals surface area contributed by atoms with Crippen LogP contribution in [0, 0.1) is 0 Å². The molecule has 1 aliphatic rings. The average molecular weight is 248 g/mol. The molecule has 4 heteroatoms. The van der Waals surface area contributed by atoms with Crippen molar-refractivity contribution in [3.05, 3.63) is 30.3 Å². The van der Waals surface area contributed by atoms with Gasteiger partial charge in [-0.3, -0.25) is 0 Å². The summed E-state index contributed by atoms with van der Waals surface area (Å²) in [7, 11) is 0. The minimum atomic E-state index is -0.109. The molecular formula is C14H20N2O2. The maximum atomic E-state index is 12.2. The van der Waals surface area contributed by atoms with E-state index in [4.69, 9.17) is 5.11 Å². The summed E-state index contributed by atoms with van der Waals surface area (Å²) in [6.45, 7) is 0.419. The third-order valence-electron chi connectivity index (χ3n) is 3.39. The predicted molar refractivity (Wildman–Crippen MR) is 71.5 cm³/mol. The Bertz CT molecular complexity index is 375. The molecule has 1 aromatic carbocycles. The van der Waals surface area contributed by atoms with Crippen LogP contribution >= 0.6 is 0 Å². The van der Waals surface area contributed by atoms with Gasteiger partial charge in [0.1, 0.15) is 0 Å². The van der Waals surface area contributed by atoms with Crippen molar-refractivity contribution in [2.24, 2.45) is 0 Å². The lowest BCUT2D eigenvalue weighted by atomic mass is 10.2. The number of rotatable bonds is 4. The third kappa shape index (κ3) is 3.23. The minimum Gasteiger partial charge on any atom is -0.395 e. The van der Waals surface area contributed by atoms with Gasteiger partial charge >= 0.3 is 6.03 Å². The van der Waals surface area contributed by atoms with Crippen molar-refractivity contribution in [1.82, 2.24) is 4.90 Å². The van der Waals surface area contributed by atoms with Crippen LogP contribution in [0.25, 0.3) is 0 Å². The van der Waals surface area contributed by atoms with Crippen molar-refractivity contribution in [1.29, 1.82) is 0 Å². The number of hydrogen-bond donors (Lipinski definition) is 2. The van der Waals surface area contributed by atoms with Crippen molar-refractivity contribution in [2.45, 2.75) is 31.7 Å². The Kier molecular flexibility index (Phi) is 4.59. The second-order valence-electron chi connectivity index (χ2n) is 4.65. The van der Waals surface area contributed by atoms with Crippen molar-refractivity contribution in [3.8, 4) is 0 Å². The number of hydrogen-bond acceptors (Lipinski definition) is 2. The number of benzene rings is 1. The molecule has 0 aromatic heterocycles. The molecule has 0 heterocycles. The molecule has 0 spiro atoms. The van der Waals surface area contributed by atoms with Gasteiger partial charge in [0.2, 0.25) is 0 Å². The summed E-state index contributed by atoms with van der Waals surface area (Å²) in [5.74, 6) is 0. The van der Waals surface area contributed by atoms with Gasteiger partial charge in [-0.15, -0.1) is 0 Å². The molecule has 2 amide bonds.